The van der Waals surface area contributed by atoms with Crippen LogP contribution in [0.1, 0.15) is 12.5 Å². The molecular weight excluding hydrogens is 610 g/mol. The zero-order valence-corrected chi connectivity index (χ0v) is 22.4. The molecule has 2 heterocycles. The molecule has 0 fully saturated rings. The molecule has 4 N–H and O–H groups in total. The molecule has 0 saturated carbocycles. The van der Waals surface area contributed by atoms with E-state index in [9.17, 15) is 43.2 Å². The van der Waals surface area contributed by atoms with E-state index in [0.29, 0.717) is 6.20 Å². The molecule has 2 aromatic heterocycles. The van der Waals surface area contributed by atoms with E-state index >= 15 is 0 Å². The lowest BCUT2D eigenvalue weighted by atomic mass is 10.3. The van der Waals surface area contributed by atoms with Gasteiger partial charge in [-0.25, -0.2) is 41.3 Å². The van der Waals surface area contributed by atoms with Gasteiger partial charge in [-0.05, 0) is 37.4 Å². The van der Waals surface area contributed by atoms with Crippen molar-refractivity contribution in [3.05, 3.63) is 54.5 Å². The first-order valence-electron chi connectivity index (χ1n) is 10.8. The Morgan fingerprint density at radius 1 is 0.878 bits per heavy atom. The number of aliphatic carboxylic acids is 1. The van der Waals surface area contributed by atoms with Crippen molar-refractivity contribution in [3.63, 3.8) is 0 Å². The maximum Gasteiger partial charge on any atom is 0.490 e. The topological polar surface area (TPSA) is 180 Å². The molecule has 0 bridgehead atoms. The number of alkyl halides is 6. The van der Waals surface area contributed by atoms with E-state index in [1.54, 1.807) is 0 Å². The molecule has 224 valence electrons. The number of anilines is 4. The molecule has 20 heteroatoms. The summed E-state index contributed by atoms with van der Waals surface area (Å²) >= 11 is 0. The standard InChI is InChI=1S/C19H19F3N6O4S2.C2HF3O2/c1-3-33(29,30)15-6-5-13(34(31,32)23-2)8-14(15)27-17-9-18(26-11-25-17)28-16-7-4-12(10-24-16)19(20,21)22;3-2(4,5)1(6)7/h4-11,23H,3H2,1-2H3,(H2,24,25,26,27,28);(H,6,7). The monoisotopic (exact) mass is 630 g/mol. The number of carbonyl (C=O) groups is 1. The Morgan fingerprint density at radius 3 is 1.93 bits per heavy atom. The van der Waals surface area contributed by atoms with Crippen molar-refractivity contribution >= 4 is 49.0 Å². The van der Waals surface area contributed by atoms with Gasteiger partial charge < -0.3 is 15.7 Å². The van der Waals surface area contributed by atoms with Gasteiger partial charge in [-0.3, -0.25) is 0 Å². The Morgan fingerprint density at radius 2 is 1.46 bits per heavy atom. The number of pyridine rings is 1. The van der Waals surface area contributed by atoms with Gasteiger partial charge in [0.25, 0.3) is 0 Å². The Bertz CT molecular complexity index is 1600. The minimum absolute atomic E-state index is 0.0320. The van der Waals surface area contributed by atoms with Crippen molar-refractivity contribution in [1.29, 1.82) is 0 Å². The van der Waals surface area contributed by atoms with Crippen molar-refractivity contribution in [2.75, 3.05) is 23.4 Å². The van der Waals surface area contributed by atoms with E-state index in [1.165, 1.54) is 32.2 Å². The lowest BCUT2D eigenvalue weighted by Gasteiger charge is -2.14. The summed E-state index contributed by atoms with van der Waals surface area (Å²) in [6, 6.07) is 6.82. The van der Waals surface area contributed by atoms with E-state index in [4.69, 9.17) is 9.90 Å². The van der Waals surface area contributed by atoms with Crippen molar-refractivity contribution in [2.24, 2.45) is 0 Å². The molecule has 12 nitrogen and oxygen atoms in total. The molecule has 0 atom stereocenters. The van der Waals surface area contributed by atoms with Crippen molar-refractivity contribution < 1.29 is 53.1 Å². The van der Waals surface area contributed by atoms with E-state index in [1.807, 2.05) is 0 Å². The van der Waals surface area contributed by atoms with Crippen LogP contribution in [0.25, 0.3) is 0 Å². The summed E-state index contributed by atoms with van der Waals surface area (Å²) in [4.78, 5) is 20.2. The van der Waals surface area contributed by atoms with E-state index in [0.717, 1.165) is 24.5 Å². The molecule has 0 radical (unpaired) electrons. The molecular formula is C21H20F6N6O6S2. The molecule has 0 amide bonds. The summed E-state index contributed by atoms with van der Waals surface area (Å²) in [5.41, 5.74) is -0.945. The van der Waals surface area contributed by atoms with Crippen LogP contribution in [-0.2, 0) is 30.8 Å². The Hall–Kier alpha value is -4.04. The zero-order chi connectivity index (χ0) is 31.2. The molecule has 1 aromatic carbocycles. The Kier molecular flexibility index (Phi) is 10.2. The first kappa shape index (κ1) is 33.2. The van der Waals surface area contributed by atoms with Gasteiger partial charge in [0.15, 0.2) is 9.84 Å². The van der Waals surface area contributed by atoms with Gasteiger partial charge in [-0.1, -0.05) is 6.92 Å². The molecule has 0 aliphatic carbocycles. The largest absolute Gasteiger partial charge is 0.490 e. The van der Waals surface area contributed by atoms with Gasteiger partial charge in [0, 0.05) is 12.3 Å². The number of carboxylic acid groups (broad SMARTS) is 1. The maximum absolute atomic E-state index is 12.7. The third-order valence-corrected chi connectivity index (χ3v) is 7.96. The van der Waals surface area contributed by atoms with Crippen LogP contribution < -0.4 is 15.4 Å². The predicted molar refractivity (Wildman–Crippen MR) is 132 cm³/mol. The van der Waals surface area contributed by atoms with Gasteiger partial charge in [0.2, 0.25) is 10.0 Å². The summed E-state index contributed by atoms with van der Waals surface area (Å²) in [7, 11) is -6.38. The summed E-state index contributed by atoms with van der Waals surface area (Å²) < 4.78 is 121. The lowest BCUT2D eigenvalue weighted by molar-refractivity contribution is -0.192. The highest BCUT2D eigenvalue weighted by atomic mass is 32.2. The smallest absolute Gasteiger partial charge is 0.475 e. The minimum atomic E-state index is -5.08. The zero-order valence-electron chi connectivity index (χ0n) is 20.7. The third kappa shape index (κ3) is 9.25. The van der Waals surface area contributed by atoms with Crippen LogP contribution in [0.4, 0.5) is 49.5 Å². The van der Waals surface area contributed by atoms with Gasteiger partial charge in [-0.2, -0.15) is 26.3 Å². The van der Waals surface area contributed by atoms with Gasteiger partial charge in [0.1, 0.15) is 23.8 Å². The van der Waals surface area contributed by atoms with Gasteiger partial charge in [0.05, 0.1) is 26.8 Å². The number of hydrogen-bond acceptors (Lipinski definition) is 10. The Balaban J connectivity index is 0.000000745. The molecule has 3 aromatic rings. The van der Waals surface area contributed by atoms with E-state index in [2.05, 4.69) is 30.3 Å². The molecule has 0 aliphatic heterocycles. The molecule has 3 rings (SSSR count). The summed E-state index contributed by atoms with van der Waals surface area (Å²) in [6.07, 6.45) is -7.82. The number of aromatic nitrogens is 3. The summed E-state index contributed by atoms with van der Waals surface area (Å²) in [5, 5.41) is 12.6. The third-order valence-electron chi connectivity index (χ3n) is 4.76. The first-order valence-corrected chi connectivity index (χ1v) is 13.9. The second kappa shape index (κ2) is 12.6. The lowest BCUT2D eigenvalue weighted by Crippen LogP contribution is -2.21. The number of halogens is 6. The highest BCUT2D eigenvalue weighted by Crippen LogP contribution is 2.30. The maximum atomic E-state index is 12.7. The number of carboxylic acids is 1. The van der Waals surface area contributed by atoms with Gasteiger partial charge >= 0.3 is 18.3 Å². The fraction of sp³-hybridized carbons (Fsp3) is 0.238. The van der Waals surface area contributed by atoms with E-state index in [-0.39, 0.29) is 38.7 Å². The fourth-order valence-electron chi connectivity index (χ4n) is 2.72. The molecule has 41 heavy (non-hydrogen) atoms. The molecule has 0 unspecified atom stereocenters. The van der Waals surface area contributed by atoms with Crippen LogP contribution in [0.2, 0.25) is 0 Å². The second-order valence-corrected chi connectivity index (χ2v) is 11.7. The predicted octanol–water partition coefficient (Wildman–Crippen LogP) is 3.71. The fourth-order valence-corrected chi connectivity index (χ4v) is 4.50. The number of nitrogens with one attached hydrogen (secondary N) is 3. The number of sulfonamides is 1. The highest BCUT2D eigenvalue weighted by molar-refractivity contribution is 7.91. The Labute approximate surface area is 228 Å². The summed E-state index contributed by atoms with van der Waals surface area (Å²) in [5.74, 6) is -2.67. The molecule has 0 saturated heterocycles. The number of rotatable bonds is 8. The molecule has 0 aliphatic rings. The average molecular weight is 631 g/mol. The molecule has 0 spiro atoms. The van der Waals surface area contributed by atoms with Crippen LogP contribution in [-0.4, -0.2) is 61.8 Å². The van der Waals surface area contributed by atoms with Crippen LogP contribution in [0.3, 0.4) is 0 Å². The van der Waals surface area contributed by atoms with Crippen molar-refractivity contribution in [1.82, 2.24) is 19.7 Å². The summed E-state index contributed by atoms with van der Waals surface area (Å²) in [6.45, 7) is 1.45. The van der Waals surface area contributed by atoms with Crippen LogP contribution >= 0.6 is 0 Å². The highest BCUT2D eigenvalue weighted by Gasteiger charge is 2.38. The van der Waals surface area contributed by atoms with Gasteiger partial charge in [-0.15, -0.1) is 0 Å². The minimum Gasteiger partial charge on any atom is -0.475 e. The van der Waals surface area contributed by atoms with Crippen LogP contribution in [0.5, 0.6) is 0 Å². The number of benzene rings is 1. The second-order valence-electron chi connectivity index (χ2n) is 7.54. The SMILES string of the molecule is CCS(=O)(=O)c1ccc(S(=O)(=O)NC)cc1Nc1cc(Nc2ccc(C(F)(F)F)cn2)ncn1.O=C(O)C(F)(F)F. The normalized spacial score (nSPS) is 12.2. The number of hydrogen-bond donors (Lipinski definition) is 4. The van der Waals surface area contributed by atoms with Crippen LogP contribution in [0, 0.1) is 0 Å². The van der Waals surface area contributed by atoms with Crippen molar-refractivity contribution in [2.45, 2.75) is 29.1 Å². The number of sulfone groups is 1. The van der Waals surface area contributed by atoms with Crippen molar-refractivity contribution in [3.8, 4) is 0 Å². The van der Waals surface area contributed by atoms with E-state index < -0.39 is 43.7 Å². The van der Waals surface area contributed by atoms with Crippen LogP contribution in [0.15, 0.2) is 58.7 Å². The number of nitrogens with zero attached hydrogens (tertiary/aromatic N) is 3. The average Bonchev–Trinajstić information content (AvgIpc) is 2.88. The first-order chi connectivity index (χ1) is 18.8. The quantitative estimate of drug-likeness (QED) is 0.267.